The molecule has 0 N–H and O–H groups in total. The van der Waals surface area contributed by atoms with Gasteiger partial charge in [0, 0.05) is 18.4 Å². The fourth-order valence-corrected chi connectivity index (χ4v) is 1.87. The Balaban J connectivity index is 2.46. The summed E-state index contributed by atoms with van der Waals surface area (Å²) >= 11 is 5.98. The second kappa shape index (κ2) is 7.17. The van der Waals surface area contributed by atoms with Crippen LogP contribution >= 0.6 is 11.6 Å². The number of Topliss-reactive ketones (excluding diaryl/α,β-unsaturated/α-hetero) is 1. The Morgan fingerprint density at radius 2 is 1.89 bits per heavy atom. The van der Waals surface area contributed by atoms with E-state index in [0.717, 1.165) is 5.56 Å². The molecular weight excluding hydrogens is 252 g/mol. The van der Waals surface area contributed by atoms with Gasteiger partial charge in [-0.3, -0.25) is 9.59 Å². The maximum Gasteiger partial charge on any atom is 0.305 e. The van der Waals surface area contributed by atoms with E-state index < -0.39 is 0 Å². The Morgan fingerprint density at radius 3 is 2.56 bits per heavy atom. The molecule has 0 spiro atoms. The van der Waals surface area contributed by atoms with Crippen LogP contribution in [0.2, 0.25) is 5.02 Å². The number of methoxy groups -OCH3 is 1. The highest BCUT2D eigenvalue weighted by Gasteiger charge is 2.10. The zero-order valence-electron chi connectivity index (χ0n) is 10.7. The van der Waals surface area contributed by atoms with E-state index >= 15 is 0 Å². The molecule has 1 rings (SSSR count). The number of ketones is 1. The second-order valence-electron chi connectivity index (χ2n) is 4.19. The van der Waals surface area contributed by atoms with E-state index in [0.29, 0.717) is 36.3 Å². The van der Waals surface area contributed by atoms with Crippen LogP contribution in [0.15, 0.2) is 18.2 Å². The van der Waals surface area contributed by atoms with E-state index in [4.69, 9.17) is 11.6 Å². The number of aryl methyl sites for hydroxylation is 1. The number of esters is 1. The first-order valence-corrected chi connectivity index (χ1v) is 6.28. The topological polar surface area (TPSA) is 43.4 Å². The number of carbonyl (C=O) groups excluding carboxylic acids is 2. The molecule has 3 nitrogen and oxygen atoms in total. The van der Waals surface area contributed by atoms with Gasteiger partial charge in [0.05, 0.1) is 12.1 Å². The molecule has 1 aromatic carbocycles. The van der Waals surface area contributed by atoms with E-state index in [1.54, 1.807) is 12.1 Å². The number of rotatable bonds is 6. The van der Waals surface area contributed by atoms with Crippen molar-refractivity contribution < 1.29 is 14.3 Å². The van der Waals surface area contributed by atoms with E-state index in [9.17, 15) is 9.59 Å². The summed E-state index contributed by atoms with van der Waals surface area (Å²) in [4.78, 5) is 22.8. The summed E-state index contributed by atoms with van der Waals surface area (Å²) in [5.74, 6) is -0.218. The van der Waals surface area contributed by atoms with Crippen molar-refractivity contribution in [2.75, 3.05) is 7.11 Å². The van der Waals surface area contributed by atoms with Crippen LogP contribution in [0.1, 0.15) is 41.6 Å². The van der Waals surface area contributed by atoms with Gasteiger partial charge in [-0.1, -0.05) is 23.2 Å². The summed E-state index contributed by atoms with van der Waals surface area (Å²) in [6, 6.07) is 5.40. The minimum Gasteiger partial charge on any atom is -0.469 e. The molecule has 0 fully saturated rings. The predicted octanol–water partition coefficient (Wildman–Crippen LogP) is 3.56. The van der Waals surface area contributed by atoms with Crippen LogP contribution in [0.25, 0.3) is 0 Å². The van der Waals surface area contributed by atoms with E-state index in [-0.39, 0.29) is 11.8 Å². The number of hydrogen-bond donors (Lipinski definition) is 0. The Morgan fingerprint density at radius 1 is 1.22 bits per heavy atom. The lowest BCUT2D eigenvalue weighted by molar-refractivity contribution is -0.140. The minimum absolute atomic E-state index is 0.0218. The third-order valence-corrected chi connectivity index (χ3v) is 3.01. The minimum atomic E-state index is -0.240. The SMILES string of the molecule is COC(=O)CCCCC(=O)c1cc(C)ccc1Cl. The molecule has 98 valence electrons. The molecule has 0 saturated heterocycles. The van der Waals surface area contributed by atoms with Crippen molar-refractivity contribution in [1.29, 1.82) is 0 Å². The molecule has 0 saturated carbocycles. The van der Waals surface area contributed by atoms with E-state index in [2.05, 4.69) is 4.74 Å². The molecule has 0 aliphatic carbocycles. The first-order chi connectivity index (χ1) is 8.54. The highest BCUT2D eigenvalue weighted by Crippen LogP contribution is 2.20. The lowest BCUT2D eigenvalue weighted by atomic mass is 10.0. The van der Waals surface area contributed by atoms with Crippen LogP contribution < -0.4 is 0 Å². The van der Waals surface area contributed by atoms with Gasteiger partial charge in [-0.15, -0.1) is 0 Å². The molecule has 0 aliphatic heterocycles. The van der Waals surface area contributed by atoms with E-state index in [1.165, 1.54) is 7.11 Å². The van der Waals surface area contributed by atoms with Crippen molar-refractivity contribution in [3.63, 3.8) is 0 Å². The van der Waals surface area contributed by atoms with Gasteiger partial charge in [0.15, 0.2) is 5.78 Å². The first-order valence-electron chi connectivity index (χ1n) is 5.90. The predicted molar refractivity (Wildman–Crippen MR) is 71.0 cm³/mol. The van der Waals surface area contributed by atoms with Gasteiger partial charge in [-0.05, 0) is 31.9 Å². The summed E-state index contributed by atoms with van der Waals surface area (Å²) in [7, 11) is 1.36. The average Bonchev–Trinajstić information content (AvgIpc) is 2.36. The Labute approximate surface area is 112 Å². The monoisotopic (exact) mass is 268 g/mol. The molecule has 0 bridgehead atoms. The molecule has 0 aliphatic rings. The fourth-order valence-electron chi connectivity index (χ4n) is 1.64. The summed E-state index contributed by atoms with van der Waals surface area (Å²) < 4.78 is 4.53. The molecule has 0 heterocycles. The largest absolute Gasteiger partial charge is 0.469 e. The van der Waals surface area contributed by atoms with Crippen molar-refractivity contribution >= 4 is 23.4 Å². The average molecular weight is 269 g/mol. The fraction of sp³-hybridized carbons (Fsp3) is 0.429. The summed E-state index contributed by atoms with van der Waals surface area (Å²) in [6.45, 7) is 1.92. The Kier molecular flexibility index (Phi) is 5.86. The molecule has 0 radical (unpaired) electrons. The lowest BCUT2D eigenvalue weighted by Crippen LogP contribution is -2.03. The van der Waals surface area contributed by atoms with Gasteiger partial charge in [-0.25, -0.2) is 0 Å². The number of benzene rings is 1. The Hall–Kier alpha value is -1.35. The molecule has 18 heavy (non-hydrogen) atoms. The molecular formula is C14H17ClO3. The number of carbonyl (C=O) groups is 2. The molecule has 1 aromatic rings. The van der Waals surface area contributed by atoms with Crippen molar-refractivity contribution in [3.05, 3.63) is 34.3 Å². The van der Waals surface area contributed by atoms with E-state index in [1.807, 2.05) is 13.0 Å². The highest BCUT2D eigenvalue weighted by atomic mass is 35.5. The van der Waals surface area contributed by atoms with Gasteiger partial charge in [-0.2, -0.15) is 0 Å². The van der Waals surface area contributed by atoms with Crippen LogP contribution in [0.4, 0.5) is 0 Å². The van der Waals surface area contributed by atoms with Gasteiger partial charge in [0.25, 0.3) is 0 Å². The third-order valence-electron chi connectivity index (χ3n) is 2.68. The standard InChI is InChI=1S/C14H17ClO3/c1-10-7-8-12(15)11(9-10)13(16)5-3-4-6-14(17)18-2/h7-9H,3-6H2,1-2H3. The maximum atomic E-state index is 11.9. The van der Waals surface area contributed by atoms with Crippen LogP contribution in [-0.4, -0.2) is 18.9 Å². The Bertz CT molecular complexity index is 441. The lowest BCUT2D eigenvalue weighted by Gasteiger charge is -2.04. The number of unbranched alkanes of at least 4 members (excludes halogenated alkanes) is 1. The normalized spacial score (nSPS) is 10.2. The van der Waals surface area contributed by atoms with Crippen LogP contribution in [0.3, 0.4) is 0 Å². The number of ether oxygens (including phenoxy) is 1. The number of hydrogen-bond acceptors (Lipinski definition) is 3. The van der Waals surface area contributed by atoms with Crippen molar-refractivity contribution in [2.24, 2.45) is 0 Å². The molecule has 0 amide bonds. The third kappa shape index (κ3) is 4.49. The molecule has 4 heteroatoms. The zero-order valence-corrected chi connectivity index (χ0v) is 11.4. The highest BCUT2D eigenvalue weighted by molar-refractivity contribution is 6.34. The molecule has 0 atom stereocenters. The smallest absolute Gasteiger partial charge is 0.305 e. The molecule has 0 aromatic heterocycles. The number of halogens is 1. The summed E-state index contributed by atoms with van der Waals surface area (Å²) in [5.41, 5.74) is 1.58. The van der Waals surface area contributed by atoms with Gasteiger partial charge >= 0.3 is 5.97 Å². The summed E-state index contributed by atoms with van der Waals surface area (Å²) in [5, 5.41) is 0.485. The quantitative estimate of drug-likeness (QED) is 0.450. The second-order valence-corrected chi connectivity index (χ2v) is 4.60. The zero-order chi connectivity index (χ0) is 13.5. The van der Waals surface area contributed by atoms with Crippen LogP contribution in [0, 0.1) is 6.92 Å². The van der Waals surface area contributed by atoms with Crippen molar-refractivity contribution in [1.82, 2.24) is 0 Å². The van der Waals surface area contributed by atoms with Crippen molar-refractivity contribution in [2.45, 2.75) is 32.6 Å². The van der Waals surface area contributed by atoms with Gasteiger partial charge < -0.3 is 4.74 Å². The summed E-state index contributed by atoms with van der Waals surface area (Å²) in [6.07, 6.45) is 2.07. The van der Waals surface area contributed by atoms with Gasteiger partial charge in [0.2, 0.25) is 0 Å². The first kappa shape index (κ1) is 14.7. The van der Waals surface area contributed by atoms with Gasteiger partial charge in [0.1, 0.15) is 0 Å². The molecule has 0 unspecified atom stereocenters. The van der Waals surface area contributed by atoms with Crippen molar-refractivity contribution in [3.8, 4) is 0 Å². The maximum absolute atomic E-state index is 11.9. The van der Waals surface area contributed by atoms with Crippen LogP contribution in [-0.2, 0) is 9.53 Å². The van der Waals surface area contributed by atoms with Crippen LogP contribution in [0.5, 0.6) is 0 Å².